The molecule has 2 aromatic heterocycles. The van der Waals surface area contributed by atoms with Crippen LogP contribution < -0.4 is 10.5 Å². The predicted octanol–water partition coefficient (Wildman–Crippen LogP) is 2.44. The third-order valence-corrected chi connectivity index (χ3v) is 4.22. The van der Waals surface area contributed by atoms with Crippen molar-refractivity contribution in [1.82, 2.24) is 25.0 Å². The molecule has 0 spiro atoms. The Kier molecular flexibility index (Phi) is 4.28. The van der Waals surface area contributed by atoms with Crippen molar-refractivity contribution < 1.29 is 9.66 Å². The van der Waals surface area contributed by atoms with Gasteiger partial charge in [-0.25, -0.2) is 9.67 Å². The Hall–Kier alpha value is -4.08. The summed E-state index contributed by atoms with van der Waals surface area (Å²) < 4.78 is 6.99. The highest BCUT2D eigenvalue weighted by atomic mass is 16.6. The number of benzene rings is 2. The number of aromatic nitrogens is 5. The van der Waals surface area contributed by atoms with E-state index in [-0.39, 0.29) is 11.6 Å². The number of ether oxygens (including phenoxy) is 1. The molecule has 4 aromatic rings. The molecule has 0 bridgehead atoms. The molecule has 10 nitrogen and oxygen atoms in total. The molecular formula is C18H15N7O3. The minimum atomic E-state index is -0.442. The van der Waals surface area contributed by atoms with Gasteiger partial charge in [0.2, 0.25) is 5.95 Å². The van der Waals surface area contributed by atoms with E-state index in [1.54, 1.807) is 23.9 Å². The van der Waals surface area contributed by atoms with Crippen molar-refractivity contribution in [3.63, 3.8) is 0 Å². The summed E-state index contributed by atoms with van der Waals surface area (Å²) in [4.78, 5) is 19.0. The second-order valence-corrected chi connectivity index (χ2v) is 5.97. The van der Waals surface area contributed by atoms with E-state index in [1.165, 1.54) is 12.1 Å². The quantitative estimate of drug-likeness (QED) is 0.414. The van der Waals surface area contributed by atoms with Crippen LogP contribution in [0.2, 0.25) is 0 Å². The highest BCUT2D eigenvalue weighted by molar-refractivity contribution is 5.89. The zero-order valence-corrected chi connectivity index (χ0v) is 14.8. The van der Waals surface area contributed by atoms with Gasteiger partial charge in [0.1, 0.15) is 11.4 Å². The number of nitro groups is 1. The first kappa shape index (κ1) is 17.3. The van der Waals surface area contributed by atoms with Crippen LogP contribution in [0.1, 0.15) is 5.56 Å². The van der Waals surface area contributed by atoms with Gasteiger partial charge in [-0.2, -0.15) is 4.98 Å². The summed E-state index contributed by atoms with van der Waals surface area (Å²) in [5.74, 6) is 0.715. The van der Waals surface area contributed by atoms with Gasteiger partial charge in [-0.15, -0.1) is 5.10 Å². The van der Waals surface area contributed by atoms with Crippen molar-refractivity contribution >= 4 is 22.8 Å². The molecule has 0 saturated heterocycles. The van der Waals surface area contributed by atoms with E-state index in [2.05, 4.69) is 20.3 Å². The number of hydrogen-bond acceptors (Lipinski definition) is 8. The van der Waals surface area contributed by atoms with E-state index in [1.807, 2.05) is 24.3 Å². The van der Waals surface area contributed by atoms with Crippen LogP contribution in [0.4, 0.5) is 11.6 Å². The van der Waals surface area contributed by atoms with Gasteiger partial charge >= 0.3 is 0 Å². The first-order valence-electron chi connectivity index (χ1n) is 8.30. The van der Waals surface area contributed by atoms with E-state index < -0.39 is 4.92 Å². The van der Waals surface area contributed by atoms with Crippen molar-refractivity contribution in [2.45, 2.75) is 6.54 Å². The van der Waals surface area contributed by atoms with Gasteiger partial charge in [-0.1, -0.05) is 29.5 Å². The van der Waals surface area contributed by atoms with E-state index in [9.17, 15) is 10.1 Å². The lowest BCUT2D eigenvalue weighted by Gasteiger charge is -2.08. The van der Waals surface area contributed by atoms with E-state index in [0.29, 0.717) is 29.2 Å². The Balaban J connectivity index is 1.78. The smallest absolute Gasteiger partial charge is 0.269 e. The molecule has 0 atom stereocenters. The van der Waals surface area contributed by atoms with Crippen LogP contribution >= 0.6 is 0 Å². The molecule has 28 heavy (non-hydrogen) atoms. The molecule has 0 radical (unpaired) electrons. The zero-order chi connectivity index (χ0) is 19.7. The Morgan fingerprint density at radius 2 is 1.89 bits per heavy atom. The molecule has 10 heteroatoms. The summed E-state index contributed by atoms with van der Waals surface area (Å²) in [6.07, 6.45) is 0. The Morgan fingerprint density at radius 1 is 1.14 bits per heavy atom. The number of nitrogens with zero attached hydrogens (tertiary/aromatic N) is 6. The van der Waals surface area contributed by atoms with Gasteiger partial charge in [0.25, 0.3) is 5.69 Å². The largest absolute Gasteiger partial charge is 0.496 e. The normalized spacial score (nSPS) is 10.9. The average Bonchev–Trinajstić information content (AvgIpc) is 3.10. The SMILES string of the molecule is COc1ccccc1-c1nc(N)nc2c1nnn2Cc1ccc([N+](=O)[O-])cc1. The number of non-ortho nitro benzene ring substituents is 1. The van der Waals surface area contributed by atoms with E-state index in [4.69, 9.17) is 10.5 Å². The molecule has 4 rings (SSSR count). The standard InChI is InChI=1S/C18H15N7O3/c1-28-14-5-3-2-4-13(14)15-16-17(21-18(19)20-15)24(23-22-16)10-11-6-8-12(9-7-11)25(26)27/h2-9H,10H2,1H3,(H2,19,20,21). The third kappa shape index (κ3) is 3.07. The van der Waals surface area contributed by atoms with Crippen LogP contribution in [0.15, 0.2) is 48.5 Å². The molecule has 0 fully saturated rings. The summed E-state index contributed by atoms with van der Waals surface area (Å²) in [6.45, 7) is 0.330. The maximum Gasteiger partial charge on any atom is 0.269 e. The molecule has 0 amide bonds. The Labute approximate surface area is 158 Å². The number of hydrogen-bond donors (Lipinski definition) is 1. The van der Waals surface area contributed by atoms with Gasteiger partial charge in [0.05, 0.1) is 18.6 Å². The van der Waals surface area contributed by atoms with Crippen LogP contribution in [-0.2, 0) is 6.54 Å². The van der Waals surface area contributed by atoms with Gasteiger partial charge in [0.15, 0.2) is 11.2 Å². The van der Waals surface area contributed by atoms with E-state index in [0.717, 1.165) is 11.1 Å². The highest BCUT2D eigenvalue weighted by Gasteiger charge is 2.18. The Morgan fingerprint density at radius 3 is 2.61 bits per heavy atom. The molecule has 140 valence electrons. The molecule has 2 aromatic carbocycles. The topological polar surface area (TPSA) is 135 Å². The van der Waals surface area contributed by atoms with Crippen LogP contribution in [0.3, 0.4) is 0 Å². The van der Waals surface area contributed by atoms with Crippen LogP contribution in [0.5, 0.6) is 5.75 Å². The first-order chi connectivity index (χ1) is 13.6. The van der Waals surface area contributed by atoms with Gasteiger partial charge in [-0.3, -0.25) is 10.1 Å². The molecule has 2 N–H and O–H groups in total. The fourth-order valence-electron chi connectivity index (χ4n) is 2.90. The second kappa shape index (κ2) is 6.91. The molecule has 0 aliphatic heterocycles. The fraction of sp³-hybridized carbons (Fsp3) is 0.111. The lowest BCUT2D eigenvalue weighted by molar-refractivity contribution is -0.384. The summed E-state index contributed by atoms with van der Waals surface area (Å²) >= 11 is 0. The maximum absolute atomic E-state index is 10.8. The number of nitro benzene ring substituents is 1. The van der Waals surface area contributed by atoms with Crippen molar-refractivity contribution in [3.05, 3.63) is 64.2 Å². The number of nitrogens with two attached hydrogens (primary N) is 1. The molecule has 0 aliphatic rings. The third-order valence-electron chi connectivity index (χ3n) is 4.22. The lowest BCUT2D eigenvalue weighted by atomic mass is 10.1. The van der Waals surface area contributed by atoms with Gasteiger partial charge < -0.3 is 10.5 Å². The van der Waals surface area contributed by atoms with Crippen molar-refractivity contribution in [1.29, 1.82) is 0 Å². The van der Waals surface area contributed by atoms with E-state index >= 15 is 0 Å². The monoisotopic (exact) mass is 377 g/mol. The van der Waals surface area contributed by atoms with Crippen LogP contribution in [0.25, 0.3) is 22.4 Å². The fourth-order valence-corrected chi connectivity index (χ4v) is 2.90. The highest BCUT2D eigenvalue weighted by Crippen LogP contribution is 2.32. The first-order valence-corrected chi connectivity index (χ1v) is 8.30. The Bertz CT molecular complexity index is 1170. The summed E-state index contributed by atoms with van der Waals surface area (Å²) in [5, 5.41) is 19.2. The summed E-state index contributed by atoms with van der Waals surface area (Å²) in [7, 11) is 1.58. The van der Waals surface area contributed by atoms with Crippen molar-refractivity contribution in [2.24, 2.45) is 0 Å². The minimum Gasteiger partial charge on any atom is -0.496 e. The number of methoxy groups -OCH3 is 1. The van der Waals surface area contributed by atoms with Gasteiger partial charge in [0, 0.05) is 17.7 Å². The number of fused-ring (bicyclic) bond motifs is 1. The molecular weight excluding hydrogens is 362 g/mol. The van der Waals surface area contributed by atoms with Crippen LogP contribution in [0, 0.1) is 10.1 Å². The molecule has 0 aliphatic carbocycles. The average molecular weight is 377 g/mol. The zero-order valence-electron chi connectivity index (χ0n) is 14.8. The minimum absolute atomic E-state index is 0.0252. The number of anilines is 1. The molecule has 2 heterocycles. The number of rotatable bonds is 5. The lowest BCUT2D eigenvalue weighted by Crippen LogP contribution is -2.05. The summed E-state index contributed by atoms with van der Waals surface area (Å²) in [5.41, 5.74) is 8.96. The predicted molar refractivity (Wildman–Crippen MR) is 102 cm³/mol. The second-order valence-electron chi connectivity index (χ2n) is 5.97. The maximum atomic E-state index is 10.8. The van der Waals surface area contributed by atoms with Crippen LogP contribution in [-0.4, -0.2) is 37.0 Å². The van der Waals surface area contributed by atoms with Gasteiger partial charge in [-0.05, 0) is 17.7 Å². The molecule has 0 saturated carbocycles. The van der Waals surface area contributed by atoms with Crippen molar-refractivity contribution in [2.75, 3.05) is 12.8 Å². The number of para-hydroxylation sites is 1. The summed E-state index contributed by atoms with van der Waals surface area (Å²) in [6, 6.07) is 13.6. The number of nitrogen functional groups attached to an aromatic ring is 1. The molecule has 0 unspecified atom stereocenters. The van der Waals surface area contributed by atoms with Crippen molar-refractivity contribution in [3.8, 4) is 17.0 Å².